The number of amides is 1. The van der Waals surface area contributed by atoms with Gasteiger partial charge in [0.25, 0.3) is 5.89 Å². The summed E-state index contributed by atoms with van der Waals surface area (Å²) >= 11 is 0. The number of para-hydroxylation sites is 2. The Balaban J connectivity index is 1.75. The van der Waals surface area contributed by atoms with Crippen molar-refractivity contribution >= 4 is 22.7 Å². The number of rotatable bonds is 4. The highest BCUT2D eigenvalue weighted by Gasteiger charge is 2.54. The number of carbonyl (C=O) groups is 1. The van der Waals surface area contributed by atoms with Gasteiger partial charge in [0, 0.05) is 19.5 Å². The maximum absolute atomic E-state index is 15.1. The molecule has 0 N–H and O–H groups in total. The fourth-order valence-corrected chi connectivity index (χ4v) is 3.70. The molecule has 0 saturated carbocycles. The first-order chi connectivity index (χ1) is 12.8. The van der Waals surface area contributed by atoms with Crippen LogP contribution in [0, 0.1) is 0 Å². The molecular weight excluding hydrogens is 354 g/mol. The van der Waals surface area contributed by atoms with E-state index in [4.69, 9.17) is 9.15 Å². The minimum atomic E-state index is -3.41. The molecule has 2 heterocycles. The van der Waals surface area contributed by atoms with Gasteiger partial charge in [0.2, 0.25) is 5.91 Å². The normalized spacial score (nSPS) is 19.6. The van der Waals surface area contributed by atoms with E-state index in [0.717, 1.165) is 0 Å². The first-order valence-electron chi connectivity index (χ1n) is 8.47. The van der Waals surface area contributed by atoms with Crippen molar-refractivity contribution < 1.29 is 22.7 Å². The van der Waals surface area contributed by atoms with Crippen LogP contribution in [0.1, 0.15) is 24.8 Å². The zero-order valence-corrected chi connectivity index (χ0v) is 15.1. The lowest BCUT2D eigenvalue weighted by molar-refractivity contribution is -0.128. The van der Waals surface area contributed by atoms with Crippen molar-refractivity contribution in [2.75, 3.05) is 19.1 Å². The van der Waals surface area contributed by atoms with E-state index in [1.54, 1.807) is 49.5 Å². The average molecular weight is 372 g/mol. The molecule has 1 unspecified atom stereocenters. The second kappa shape index (κ2) is 5.77. The molecule has 1 aromatic heterocycles. The molecule has 0 radical (unpaired) electrons. The zero-order valence-electron chi connectivity index (χ0n) is 15.1. The Morgan fingerprint density at radius 1 is 1.26 bits per heavy atom. The number of hydrogen-bond acceptors (Lipinski definition) is 4. The maximum Gasteiger partial charge on any atom is 0.323 e. The van der Waals surface area contributed by atoms with E-state index in [1.807, 2.05) is 0 Å². The topological polar surface area (TPSA) is 55.6 Å². The highest BCUT2D eigenvalue weighted by molar-refractivity contribution is 6.07. The van der Waals surface area contributed by atoms with Crippen LogP contribution in [0.2, 0.25) is 0 Å². The summed E-state index contributed by atoms with van der Waals surface area (Å²) in [6, 6.07) is 11.6. The van der Waals surface area contributed by atoms with E-state index in [9.17, 15) is 4.79 Å². The number of hydrogen-bond donors (Lipinski definition) is 0. The summed E-state index contributed by atoms with van der Waals surface area (Å²) < 4.78 is 40.6. The fraction of sp³-hybridized carbons (Fsp3) is 0.300. The maximum atomic E-state index is 15.1. The van der Waals surface area contributed by atoms with Gasteiger partial charge in [-0.05, 0) is 30.7 Å². The molecule has 4 rings (SSSR count). The summed E-state index contributed by atoms with van der Waals surface area (Å²) in [4.78, 5) is 18.2. The van der Waals surface area contributed by atoms with Crippen molar-refractivity contribution in [3.05, 3.63) is 53.9 Å². The first-order valence-corrected chi connectivity index (χ1v) is 8.47. The predicted molar refractivity (Wildman–Crippen MR) is 96.3 cm³/mol. The Morgan fingerprint density at radius 2 is 2.00 bits per heavy atom. The minimum Gasteiger partial charge on any atom is -0.497 e. The van der Waals surface area contributed by atoms with E-state index < -0.39 is 29.6 Å². The third-order valence-electron chi connectivity index (χ3n) is 5.12. The van der Waals surface area contributed by atoms with Crippen LogP contribution in [0.5, 0.6) is 5.75 Å². The van der Waals surface area contributed by atoms with Crippen molar-refractivity contribution in [1.82, 2.24) is 4.98 Å². The summed E-state index contributed by atoms with van der Waals surface area (Å²) in [7, 11) is 3.09. The summed E-state index contributed by atoms with van der Waals surface area (Å²) in [6.45, 7) is 1.53. The first kappa shape index (κ1) is 17.5. The van der Waals surface area contributed by atoms with Crippen LogP contribution in [0.4, 0.5) is 14.5 Å². The smallest absolute Gasteiger partial charge is 0.323 e. The largest absolute Gasteiger partial charge is 0.497 e. The van der Waals surface area contributed by atoms with Crippen molar-refractivity contribution in [2.24, 2.45) is 0 Å². The van der Waals surface area contributed by atoms with Crippen LogP contribution in [0.3, 0.4) is 0 Å². The number of fused-ring (bicyclic) bond motifs is 2. The van der Waals surface area contributed by atoms with Gasteiger partial charge in [-0.25, -0.2) is 4.98 Å². The summed E-state index contributed by atoms with van der Waals surface area (Å²) in [6.07, 6.45) is -0.741. The number of carbonyl (C=O) groups excluding carboxylic acids is 1. The highest BCUT2D eigenvalue weighted by atomic mass is 19.3. The van der Waals surface area contributed by atoms with E-state index in [-0.39, 0.29) is 5.58 Å². The van der Waals surface area contributed by atoms with E-state index in [1.165, 1.54) is 18.9 Å². The number of oxazole rings is 1. The van der Waals surface area contributed by atoms with Crippen molar-refractivity contribution in [2.45, 2.75) is 24.7 Å². The van der Waals surface area contributed by atoms with Crippen molar-refractivity contribution in [1.29, 1.82) is 0 Å². The number of halogens is 2. The number of benzene rings is 2. The number of nitrogens with zero attached hydrogens (tertiary/aromatic N) is 2. The van der Waals surface area contributed by atoms with Gasteiger partial charge in [-0.2, -0.15) is 8.78 Å². The molecule has 0 aliphatic carbocycles. The zero-order chi connectivity index (χ0) is 19.4. The molecule has 0 bridgehead atoms. The second-order valence-corrected chi connectivity index (χ2v) is 6.95. The van der Waals surface area contributed by atoms with Crippen LogP contribution < -0.4 is 9.64 Å². The molecule has 5 nitrogen and oxygen atoms in total. The number of likely N-dealkylation sites (N-methyl/N-ethyl adjacent to an activating group) is 1. The monoisotopic (exact) mass is 372 g/mol. The molecule has 27 heavy (non-hydrogen) atoms. The number of ether oxygens (including phenoxy) is 1. The molecule has 0 fully saturated rings. The Morgan fingerprint density at radius 3 is 2.70 bits per heavy atom. The van der Waals surface area contributed by atoms with Gasteiger partial charge >= 0.3 is 5.92 Å². The molecule has 3 aromatic rings. The van der Waals surface area contributed by atoms with Gasteiger partial charge in [-0.15, -0.1) is 0 Å². The summed E-state index contributed by atoms with van der Waals surface area (Å²) in [5, 5.41) is 0. The lowest BCUT2D eigenvalue weighted by Crippen LogP contribution is -2.40. The van der Waals surface area contributed by atoms with Gasteiger partial charge in [0.1, 0.15) is 11.3 Å². The molecule has 2 aromatic carbocycles. The number of methoxy groups -OCH3 is 1. The third-order valence-corrected chi connectivity index (χ3v) is 5.12. The Labute approximate surface area is 154 Å². The molecule has 1 amide bonds. The van der Waals surface area contributed by atoms with Gasteiger partial charge in [0.15, 0.2) is 5.58 Å². The molecule has 0 saturated heterocycles. The Bertz CT molecular complexity index is 1010. The number of aromatic nitrogens is 1. The van der Waals surface area contributed by atoms with Crippen LogP contribution >= 0.6 is 0 Å². The van der Waals surface area contributed by atoms with E-state index in [2.05, 4.69) is 4.98 Å². The lowest BCUT2D eigenvalue weighted by atomic mass is 9.78. The molecular formula is C20H18F2N2O3. The molecule has 1 aliphatic rings. The highest BCUT2D eigenvalue weighted by Crippen LogP contribution is 2.50. The standard InChI is InChI=1S/C20H18F2N2O3/c1-19(13-9-8-12(26-3)10-15(13)24(2)18(19)25)11-20(21,22)17-23-14-6-4-5-7-16(14)27-17/h4-10H,11H2,1-3H3. The lowest BCUT2D eigenvalue weighted by Gasteiger charge is -2.26. The summed E-state index contributed by atoms with van der Waals surface area (Å²) in [5.41, 5.74) is 0.344. The molecule has 140 valence electrons. The summed E-state index contributed by atoms with van der Waals surface area (Å²) in [5.74, 6) is -3.93. The Hall–Kier alpha value is -2.96. The second-order valence-electron chi connectivity index (χ2n) is 6.95. The van der Waals surface area contributed by atoms with Crippen molar-refractivity contribution in [3.63, 3.8) is 0 Å². The minimum absolute atomic E-state index is 0.289. The molecule has 7 heteroatoms. The van der Waals surface area contributed by atoms with Crippen LogP contribution in [-0.4, -0.2) is 25.0 Å². The van der Waals surface area contributed by atoms with Gasteiger partial charge < -0.3 is 14.1 Å². The van der Waals surface area contributed by atoms with Gasteiger partial charge in [0.05, 0.1) is 18.2 Å². The molecule has 1 atom stereocenters. The quantitative estimate of drug-likeness (QED) is 0.687. The van der Waals surface area contributed by atoms with Crippen molar-refractivity contribution in [3.8, 4) is 5.75 Å². The fourth-order valence-electron chi connectivity index (χ4n) is 3.70. The third kappa shape index (κ3) is 2.57. The van der Waals surface area contributed by atoms with E-state index >= 15 is 8.78 Å². The average Bonchev–Trinajstić information content (AvgIpc) is 3.17. The van der Waals surface area contributed by atoms with Gasteiger partial charge in [-0.3, -0.25) is 4.79 Å². The molecule has 0 spiro atoms. The number of alkyl halides is 2. The van der Waals surface area contributed by atoms with Crippen LogP contribution in [-0.2, 0) is 16.1 Å². The van der Waals surface area contributed by atoms with Gasteiger partial charge in [-0.1, -0.05) is 18.2 Å². The van der Waals surface area contributed by atoms with E-state index in [0.29, 0.717) is 22.5 Å². The molecule has 1 aliphatic heterocycles. The van der Waals surface area contributed by atoms with Crippen LogP contribution in [0.25, 0.3) is 11.1 Å². The van der Waals surface area contributed by atoms with Crippen LogP contribution in [0.15, 0.2) is 46.9 Å². The Kier molecular flexibility index (Phi) is 3.73. The number of anilines is 1. The predicted octanol–water partition coefficient (Wildman–Crippen LogP) is 4.25. The SMILES string of the molecule is COc1ccc2c(c1)N(C)C(=O)C2(C)CC(F)(F)c1nc2ccccc2o1.